The summed E-state index contributed by atoms with van der Waals surface area (Å²) < 4.78 is 16.7. The first-order valence-electron chi connectivity index (χ1n) is 11.0. The molecule has 8 nitrogen and oxygen atoms in total. The molecule has 2 aromatic carbocycles. The first-order chi connectivity index (χ1) is 16.4. The van der Waals surface area contributed by atoms with Gasteiger partial charge in [-0.2, -0.15) is 0 Å². The predicted octanol–water partition coefficient (Wildman–Crippen LogP) is 5.21. The molecule has 3 aromatic rings. The second-order valence-electron chi connectivity index (χ2n) is 7.37. The highest BCUT2D eigenvalue weighted by atomic mass is 32.2. The summed E-state index contributed by atoms with van der Waals surface area (Å²) in [6.07, 6.45) is 0. The summed E-state index contributed by atoms with van der Waals surface area (Å²) in [5, 5.41) is 9.71. The maximum Gasteiger partial charge on any atom is 0.255 e. The van der Waals surface area contributed by atoms with Crippen LogP contribution in [-0.2, 0) is 10.5 Å². The zero-order chi connectivity index (χ0) is 24.5. The van der Waals surface area contributed by atoms with Crippen molar-refractivity contribution >= 4 is 35.0 Å². The molecular formula is C25H29N3O5S. The van der Waals surface area contributed by atoms with Crippen molar-refractivity contribution in [3.8, 4) is 11.5 Å². The van der Waals surface area contributed by atoms with Gasteiger partial charge in [0.2, 0.25) is 5.91 Å². The van der Waals surface area contributed by atoms with Gasteiger partial charge >= 0.3 is 0 Å². The molecule has 0 aliphatic carbocycles. The Labute approximate surface area is 203 Å². The molecule has 2 amide bonds. The van der Waals surface area contributed by atoms with E-state index in [1.54, 1.807) is 36.4 Å². The average Bonchev–Trinajstić information content (AvgIpc) is 3.14. The molecule has 1 aromatic heterocycles. The van der Waals surface area contributed by atoms with Gasteiger partial charge in [0.25, 0.3) is 5.91 Å². The molecule has 0 radical (unpaired) electrons. The third-order valence-electron chi connectivity index (χ3n) is 4.90. The minimum absolute atomic E-state index is 0.179. The van der Waals surface area contributed by atoms with Crippen LogP contribution in [0.3, 0.4) is 0 Å². The molecule has 34 heavy (non-hydrogen) atoms. The first kappa shape index (κ1) is 25.2. The quantitative estimate of drug-likeness (QED) is 0.386. The topological polar surface area (TPSA) is 103 Å². The van der Waals surface area contributed by atoms with E-state index in [4.69, 9.17) is 14.0 Å². The van der Waals surface area contributed by atoms with Crippen LogP contribution in [0.15, 0.2) is 47.0 Å². The van der Waals surface area contributed by atoms with E-state index in [1.165, 1.54) is 11.8 Å². The molecule has 9 heteroatoms. The summed E-state index contributed by atoms with van der Waals surface area (Å²) in [6.45, 7) is 8.23. The van der Waals surface area contributed by atoms with Crippen LogP contribution in [0.2, 0.25) is 0 Å². The molecule has 0 aliphatic rings. The number of amides is 2. The number of nitrogens with zero attached hydrogens (tertiary/aromatic N) is 1. The minimum atomic E-state index is -0.267. The zero-order valence-electron chi connectivity index (χ0n) is 19.8. The smallest absolute Gasteiger partial charge is 0.255 e. The fourth-order valence-electron chi connectivity index (χ4n) is 3.23. The highest BCUT2D eigenvalue weighted by Gasteiger charge is 2.17. The molecule has 180 valence electrons. The van der Waals surface area contributed by atoms with Crippen molar-refractivity contribution < 1.29 is 23.6 Å². The van der Waals surface area contributed by atoms with Crippen LogP contribution in [0.4, 0.5) is 11.4 Å². The fourth-order valence-corrected chi connectivity index (χ4v) is 4.21. The Morgan fingerprint density at radius 1 is 0.971 bits per heavy atom. The predicted molar refractivity (Wildman–Crippen MR) is 134 cm³/mol. The maximum absolute atomic E-state index is 12.7. The third kappa shape index (κ3) is 6.54. The summed E-state index contributed by atoms with van der Waals surface area (Å²) in [7, 11) is 0. The Morgan fingerprint density at radius 2 is 1.59 bits per heavy atom. The van der Waals surface area contributed by atoms with E-state index in [0.29, 0.717) is 47.4 Å². The van der Waals surface area contributed by atoms with E-state index in [1.807, 2.05) is 33.8 Å². The van der Waals surface area contributed by atoms with Gasteiger partial charge in [0.05, 0.1) is 36.0 Å². The van der Waals surface area contributed by atoms with E-state index in [-0.39, 0.29) is 17.6 Å². The van der Waals surface area contributed by atoms with E-state index in [2.05, 4.69) is 15.8 Å². The van der Waals surface area contributed by atoms with Crippen LogP contribution in [0.25, 0.3) is 0 Å². The third-order valence-corrected chi connectivity index (χ3v) is 5.86. The monoisotopic (exact) mass is 483 g/mol. The molecular weight excluding hydrogens is 454 g/mol. The normalized spacial score (nSPS) is 10.6. The van der Waals surface area contributed by atoms with Crippen molar-refractivity contribution in [3.63, 3.8) is 0 Å². The molecule has 1 heterocycles. The number of ether oxygens (including phenoxy) is 2. The number of aromatic nitrogens is 1. The second-order valence-corrected chi connectivity index (χ2v) is 8.36. The maximum atomic E-state index is 12.7. The molecule has 0 aliphatic heterocycles. The SMILES string of the molecule is CCOc1cc(NC(=O)c2ccccc2)c(OCC)cc1NC(=O)CSCc1c(C)noc1C. The van der Waals surface area contributed by atoms with Crippen molar-refractivity contribution in [2.24, 2.45) is 0 Å². The highest BCUT2D eigenvalue weighted by Crippen LogP contribution is 2.37. The number of aryl methyl sites for hydroxylation is 2. The van der Waals surface area contributed by atoms with Crippen molar-refractivity contribution in [2.75, 3.05) is 29.6 Å². The van der Waals surface area contributed by atoms with E-state index < -0.39 is 0 Å². The Balaban J connectivity index is 1.74. The number of thioether (sulfide) groups is 1. The first-order valence-corrected chi connectivity index (χ1v) is 12.2. The minimum Gasteiger partial charge on any atom is -0.492 e. The van der Waals surface area contributed by atoms with Gasteiger partial charge in [-0.05, 0) is 39.8 Å². The summed E-state index contributed by atoms with van der Waals surface area (Å²) in [5.41, 5.74) is 3.30. The van der Waals surface area contributed by atoms with Crippen LogP contribution in [0.1, 0.15) is 41.2 Å². The van der Waals surface area contributed by atoms with E-state index in [9.17, 15) is 9.59 Å². The molecule has 3 rings (SSSR count). The van der Waals surface area contributed by atoms with Gasteiger partial charge in [0, 0.05) is 29.0 Å². The summed E-state index contributed by atoms with van der Waals surface area (Å²) in [4.78, 5) is 25.3. The number of carbonyl (C=O) groups is 2. The lowest BCUT2D eigenvalue weighted by molar-refractivity contribution is -0.113. The van der Waals surface area contributed by atoms with Gasteiger partial charge in [0.15, 0.2) is 0 Å². The van der Waals surface area contributed by atoms with E-state index in [0.717, 1.165) is 17.0 Å². The number of anilines is 2. The van der Waals surface area contributed by atoms with Crippen molar-refractivity contribution in [1.29, 1.82) is 0 Å². The standard InChI is InChI=1S/C25H29N3O5S/c1-5-31-22-13-21(27-25(30)18-10-8-7-9-11-18)23(32-6-2)12-20(22)26-24(29)15-34-14-19-16(3)28-33-17(19)4/h7-13H,5-6,14-15H2,1-4H3,(H,26,29)(H,27,30). The van der Waals surface area contributed by atoms with Crippen LogP contribution < -0.4 is 20.1 Å². The molecule has 0 saturated carbocycles. The van der Waals surface area contributed by atoms with Gasteiger partial charge in [-0.15, -0.1) is 11.8 Å². The number of hydrogen-bond acceptors (Lipinski definition) is 7. The lowest BCUT2D eigenvalue weighted by atomic mass is 10.2. The zero-order valence-corrected chi connectivity index (χ0v) is 20.6. The van der Waals surface area contributed by atoms with Crippen LogP contribution >= 0.6 is 11.8 Å². The molecule has 0 bridgehead atoms. The van der Waals surface area contributed by atoms with Crippen LogP contribution in [-0.4, -0.2) is 35.9 Å². The van der Waals surface area contributed by atoms with Gasteiger partial charge in [-0.3, -0.25) is 9.59 Å². The number of rotatable bonds is 11. The van der Waals surface area contributed by atoms with Gasteiger partial charge < -0.3 is 24.6 Å². The fraction of sp³-hybridized carbons (Fsp3) is 0.320. The Morgan fingerprint density at radius 3 is 2.15 bits per heavy atom. The molecule has 0 atom stereocenters. The Hall–Kier alpha value is -3.46. The largest absolute Gasteiger partial charge is 0.492 e. The van der Waals surface area contributed by atoms with Crippen molar-refractivity contribution in [3.05, 3.63) is 65.0 Å². The van der Waals surface area contributed by atoms with Gasteiger partial charge in [-0.25, -0.2) is 0 Å². The van der Waals surface area contributed by atoms with Gasteiger partial charge in [-0.1, -0.05) is 23.4 Å². The van der Waals surface area contributed by atoms with Crippen LogP contribution in [0, 0.1) is 13.8 Å². The number of carbonyl (C=O) groups excluding carboxylic acids is 2. The summed E-state index contributed by atoms with van der Waals surface area (Å²) >= 11 is 1.47. The Kier molecular flexibility index (Phi) is 8.98. The highest BCUT2D eigenvalue weighted by molar-refractivity contribution is 7.99. The van der Waals surface area contributed by atoms with E-state index >= 15 is 0 Å². The molecule has 0 fully saturated rings. The van der Waals surface area contributed by atoms with Gasteiger partial charge in [0.1, 0.15) is 17.3 Å². The Bertz CT molecular complexity index is 1110. The molecule has 0 unspecified atom stereocenters. The molecule has 2 N–H and O–H groups in total. The number of benzene rings is 2. The molecule has 0 saturated heterocycles. The van der Waals surface area contributed by atoms with Crippen molar-refractivity contribution in [2.45, 2.75) is 33.4 Å². The number of hydrogen-bond donors (Lipinski definition) is 2. The lowest BCUT2D eigenvalue weighted by Gasteiger charge is -2.18. The second kappa shape index (κ2) is 12.1. The molecule has 0 spiro atoms. The lowest BCUT2D eigenvalue weighted by Crippen LogP contribution is -2.17. The number of nitrogens with one attached hydrogen (secondary N) is 2. The summed E-state index contributed by atoms with van der Waals surface area (Å²) in [5.74, 6) is 2.07. The summed E-state index contributed by atoms with van der Waals surface area (Å²) in [6, 6.07) is 12.2. The average molecular weight is 484 g/mol. The van der Waals surface area contributed by atoms with Crippen molar-refractivity contribution in [1.82, 2.24) is 5.16 Å². The van der Waals surface area contributed by atoms with Crippen LogP contribution in [0.5, 0.6) is 11.5 Å².